The standard InChI is InChI=1S/C23H16Cl2F3N5O2/c1-11-5-6-13-12(8-11)9-14(21(34)29-2)19(18(13)25)31-22(35)16-10-17(23(26,27)28)32-33(16)20-15(24)4-3-7-30-20/h3-10H,1-2H3,(H,29,34)(H,31,35). The van der Waals surface area contributed by atoms with Gasteiger partial charge in [0.2, 0.25) is 0 Å². The summed E-state index contributed by atoms with van der Waals surface area (Å²) in [6.45, 7) is 1.87. The Morgan fingerprint density at radius 2 is 1.80 bits per heavy atom. The second kappa shape index (κ2) is 9.20. The Morgan fingerprint density at radius 3 is 2.46 bits per heavy atom. The molecule has 2 heterocycles. The second-order valence-corrected chi connectivity index (χ2v) is 8.29. The van der Waals surface area contributed by atoms with E-state index in [1.165, 1.54) is 31.4 Å². The molecule has 4 aromatic rings. The maximum atomic E-state index is 13.4. The van der Waals surface area contributed by atoms with Crippen LogP contribution >= 0.6 is 23.2 Å². The molecule has 2 aromatic heterocycles. The lowest BCUT2D eigenvalue weighted by Gasteiger charge is -2.15. The van der Waals surface area contributed by atoms with Crippen LogP contribution in [0.4, 0.5) is 18.9 Å². The van der Waals surface area contributed by atoms with E-state index >= 15 is 0 Å². The van der Waals surface area contributed by atoms with Crippen LogP contribution in [0.3, 0.4) is 0 Å². The average Bonchev–Trinajstić information content (AvgIpc) is 3.26. The largest absolute Gasteiger partial charge is 0.435 e. The molecule has 180 valence electrons. The van der Waals surface area contributed by atoms with Crippen LogP contribution in [0.1, 0.15) is 32.1 Å². The minimum atomic E-state index is -4.84. The van der Waals surface area contributed by atoms with Crippen molar-refractivity contribution in [3.05, 3.63) is 81.2 Å². The zero-order chi connectivity index (χ0) is 25.5. The number of fused-ring (bicyclic) bond motifs is 1. The number of nitrogens with zero attached hydrogens (tertiary/aromatic N) is 3. The molecule has 0 atom stereocenters. The van der Waals surface area contributed by atoms with E-state index in [-0.39, 0.29) is 27.1 Å². The third kappa shape index (κ3) is 4.67. The van der Waals surface area contributed by atoms with Crippen LogP contribution in [-0.2, 0) is 6.18 Å². The number of alkyl halides is 3. The van der Waals surface area contributed by atoms with E-state index < -0.39 is 29.4 Å². The molecule has 0 fully saturated rings. The Bertz CT molecular complexity index is 1480. The van der Waals surface area contributed by atoms with E-state index in [4.69, 9.17) is 23.2 Å². The molecule has 0 saturated heterocycles. The Morgan fingerprint density at radius 1 is 1.06 bits per heavy atom. The van der Waals surface area contributed by atoms with Gasteiger partial charge in [-0.25, -0.2) is 9.67 Å². The number of rotatable bonds is 4. The summed E-state index contributed by atoms with van der Waals surface area (Å²) in [7, 11) is 1.40. The van der Waals surface area contributed by atoms with Gasteiger partial charge in [0.25, 0.3) is 11.8 Å². The van der Waals surface area contributed by atoms with Gasteiger partial charge < -0.3 is 10.6 Å². The number of carbonyl (C=O) groups excluding carboxylic acids is 2. The van der Waals surface area contributed by atoms with Gasteiger partial charge in [0.15, 0.2) is 11.5 Å². The summed E-state index contributed by atoms with van der Waals surface area (Å²) >= 11 is 12.7. The summed E-state index contributed by atoms with van der Waals surface area (Å²) < 4.78 is 41.0. The fraction of sp³-hybridized carbons (Fsp3) is 0.130. The summed E-state index contributed by atoms with van der Waals surface area (Å²) in [4.78, 5) is 29.8. The average molecular weight is 522 g/mol. The number of hydrogen-bond donors (Lipinski definition) is 2. The molecule has 0 radical (unpaired) electrons. The molecule has 0 aliphatic heterocycles. The Labute approximate surface area is 206 Å². The quantitative estimate of drug-likeness (QED) is 0.362. The number of amides is 2. The predicted octanol–water partition coefficient (Wildman–Crippen LogP) is 5.67. The molecule has 0 aliphatic carbocycles. The molecule has 2 aromatic carbocycles. The van der Waals surface area contributed by atoms with Crippen molar-refractivity contribution in [1.29, 1.82) is 0 Å². The van der Waals surface area contributed by atoms with Crippen LogP contribution < -0.4 is 10.6 Å². The minimum absolute atomic E-state index is 0.0245. The molecule has 0 saturated carbocycles. The normalized spacial score (nSPS) is 11.5. The number of hydrogen-bond acceptors (Lipinski definition) is 4. The Balaban J connectivity index is 1.87. The second-order valence-electron chi connectivity index (χ2n) is 7.50. The monoisotopic (exact) mass is 521 g/mol. The number of anilines is 1. The van der Waals surface area contributed by atoms with Crippen molar-refractivity contribution in [2.45, 2.75) is 13.1 Å². The molecule has 0 bridgehead atoms. The lowest BCUT2D eigenvalue weighted by Crippen LogP contribution is -2.23. The van der Waals surface area contributed by atoms with Crippen molar-refractivity contribution >= 4 is 51.5 Å². The van der Waals surface area contributed by atoms with E-state index in [1.807, 2.05) is 13.0 Å². The Hall–Kier alpha value is -3.63. The highest BCUT2D eigenvalue weighted by atomic mass is 35.5. The highest BCUT2D eigenvalue weighted by Gasteiger charge is 2.37. The SMILES string of the molecule is CNC(=O)c1cc2cc(C)ccc2c(Cl)c1NC(=O)c1cc(C(F)(F)F)nn1-c1ncccc1Cl. The van der Waals surface area contributed by atoms with Gasteiger partial charge in [0.1, 0.15) is 5.69 Å². The van der Waals surface area contributed by atoms with Gasteiger partial charge in [-0.2, -0.15) is 18.3 Å². The van der Waals surface area contributed by atoms with Crippen molar-refractivity contribution in [2.75, 3.05) is 12.4 Å². The molecule has 0 aliphatic rings. The number of pyridine rings is 1. The molecule has 7 nitrogen and oxygen atoms in total. The van der Waals surface area contributed by atoms with Crippen LogP contribution in [0.2, 0.25) is 10.0 Å². The molecule has 12 heteroatoms. The first kappa shape index (κ1) is 24.5. The fourth-order valence-electron chi connectivity index (χ4n) is 3.47. The van der Waals surface area contributed by atoms with Crippen molar-refractivity contribution in [3.63, 3.8) is 0 Å². The van der Waals surface area contributed by atoms with Gasteiger partial charge in [-0.15, -0.1) is 0 Å². The summed E-state index contributed by atoms with van der Waals surface area (Å²) in [5.74, 6) is -1.74. The van der Waals surface area contributed by atoms with Crippen molar-refractivity contribution in [1.82, 2.24) is 20.1 Å². The number of aromatic nitrogens is 3. The number of nitrogens with one attached hydrogen (secondary N) is 2. The number of aryl methyl sites for hydroxylation is 1. The number of halogens is 5. The van der Waals surface area contributed by atoms with Gasteiger partial charge in [-0.1, -0.05) is 47.0 Å². The predicted molar refractivity (Wildman–Crippen MR) is 126 cm³/mol. The van der Waals surface area contributed by atoms with Gasteiger partial charge in [-0.3, -0.25) is 9.59 Å². The molecule has 0 spiro atoms. The van der Waals surface area contributed by atoms with Crippen LogP contribution in [0.25, 0.3) is 16.6 Å². The molecule has 2 N–H and O–H groups in total. The number of benzene rings is 2. The highest BCUT2D eigenvalue weighted by molar-refractivity contribution is 6.40. The molecule has 4 rings (SSSR count). The summed E-state index contributed by atoms with van der Waals surface area (Å²) in [5, 5.41) is 9.66. The highest BCUT2D eigenvalue weighted by Crippen LogP contribution is 2.36. The molecular weight excluding hydrogens is 506 g/mol. The van der Waals surface area contributed by atoms with E-state index in [0.29, 0.717) is 21.5 Å². The zero-order valence-corrected chi connectivity index (χ0v) is 19.7. The Kier molecular flexibility index (Phi) is 6.44. The molecular formula is C23H16Cl2F3N5O2. The molecule has 2 amide bonds. The lowest BCUT2D eigenvalue weighted by atomic mass is 10.0. The van der Waals surface area contributed by atoms with Crippen LogP contribution in [0.5, 0.6) is 0 Å². The van der Waals surface area contributed by atoms with Crippen molar-refractivity contribution < 1.29 is 22.8 Å². The zero-order valence-electron chi connectivity index (χ0n) is 18.2. The van der Waals surface area contributed by atoms with Crippen LogP contribution in [0, 0.1) is 6.92 Å². The maximum Gasteiger partial charge on any atom is 0.435 e. The third-order valence-electron chi connectivity index (χ3n) is 5.11. The lowest BCUT2D eigenvalue weighted by molar-refractivity contribution is -0.141. The molecule has 0 unspecified atom stereocenters. The first-order valence-corrected chi connectivity index (χ1v) is 10.8. The van der Waals surface area contributed by atoms with E-state index in [0.717, 1.165) is 5.56 Å². The van der Waals surface area contributed by atoms with Crippen LogP contribution in [-0.4, -0.2) is 33.6 Å². The minimum Gasteiger partial charge on any atom is -0.355 e. The fourth-order valence-corrected chi connectivity index (χ4v) is 3.99. The van der Waals surface area contributed by atoms with E-state index in [1.54, 1.807) is 12.1 Å². The first-order chi connectivity index (χ1) is 16.5. The topological polar surface area (TPSA) is 88.9 Å². The van der Waals surface area contributed by atoms with Gasteiger partial charge in [0.05, 0.1) is 21.3 Å². The van der Waals surface area contributed by atoms with Crippen LogP contribution in [0.15, 0.2) is 48.7 Å². The van der Waals surface area contributed by atoms with Crippen molar-refractivity contribution in [2.24, 2.45) is 0 Å². The summed E-state index contributed by atoms with van der Waals surface area (Å²) in [5.41, 5.74) is -0.955. The van der Waals surface area contributed by atoms with E-state index in [9.17, 15) is 22.8 Å². The number of carbonyl (C=O) groups is 2. The van der Waals surface area contributed by atoms with Gasteiger partial charge in [-0.05, 0) is 30.5 Å². The maximum absolute atomic E-state index is 13.4. The van der Waals surface area contributed by atoms with E-state index in [2.05, 4.69) is 20.7 Å². The molecule has 35 heavy (non-hydrogen) atoms. The van der Waals surface area contributed by atoms with Gasteiger partial charge in [0, 0.05) is 24.7 Å². The summed E-state index contributed by atoms with van der Waals surface area (Å²) in [6.07, 6.45) is -3.54. The van der Waals surface area contributed by atoms with Gasteiger partial charge >= 0.3 is 6.18 Å². The summed E-state index contributed by atoms with van der Waals surface area (Å²) in [6, 6.07) is 10.3. The first-order valence-electron chi connectivity index (χ1n) is 10.1. The smallest absolute Gasteiger partial charge is 0.355 e. The van der Waals surface area contributed by atoms with Crippen molar-refractivity contribution in [3.8, 4) is 5.82 Å². The third-order valence-corrected chi connectivity index (χ3v) is 5.80.